The van der Waals surface area contributed by atoms with Gasteiger partial charge in [-0.3, -0.25) is 0 Å². The summed E-state index contributed by atoms with van der Waals surface area (Å²) in [6.45, 7) is 1.29. The SMILES string of the molecule is C[C@H](Oc1cc(Oc2c(/C=N/O)c(C(F)F)nn2C)c(Cl)cc1Cl)C(=O)O. The number of halogens is 4. The number of hydrogen-bond donors (Lipinski definition) is 2. The van der Waals surface area contributed by atoms with Gasteiger partial charge in [0, 0.05) is 13.1 Å². The first-order valence-electron chi connectivity index (χ1n) is 7.24. The molecule has 2 N–H and O–H groups in total. The number of nitrogens with zero attached hydrogens (tertiary/aromatic N) is 3. The molecule has 0 aliphatic heterocycles. The first-order valence-corrected chi connectivity index (χ1v) is 8.00. The Bertz CT molecular complexity index is 889. The van der Waals surface area contributed by atoms with Crippen LogP contribution in [0, 0.1) is 0 Å². The number of alkyl halides is 2. The highest BCUT2D eigenvalue weighted by Gasteiger charge is 2.25. The first-order chi connectivity index (χ1) is 12.6. The molecule has 2 aromatic rings. The molecule has 27 heavy (non-hydrogen) atoms. The van der Waals surface area contributed by atoms with Crippen molar-refractivity contribution in [2.75, 3.05) is 0 Å². The molecule has 1 aromatic heterocycles. The number of benzene rings is 1. The topological polar surface area (TPSA) is 106 Å². The molecule has 0 fully saturated rings. The minimum absolute atomic E-state index is 0.00186. The summed E-state index contributed by atoms with van der Waals surface area (Å²) < 4.78 is 38.0. The molecular formula is C15H13Cl2F2N3O5. The van der Waals surface area contributed by atoms with Crippen molar-refractivity contribution in [3.05, 3.63) is 33.4 Å². The minimum atomic E-state index is -2.95. The van der Waals surface area contributed by atoms with Crippen molar-refractivity contribution in [3.8, 4) is 17.4 Å². The number of aromatic nitrogens is 2. The summed E-state index contributed by atoms with van der Waals surface area (Å²) in [5, 5.41) is 24.1. The van der Waals surface area contributed by atoms with Gasteiger partial charge in [-0.05, 0) is 13.0 Å². The fourth-order valence-electron chi connectivity index (χ4n) is 2.03. The van der Waals surface area contributed by atoms with Crippen LogP contribution in [-0.4, -0.2) is 38.4 Å². The number of hydrogen-bond acceptors (Lipinski definition) is 6. The van der Waals surface area contributed by atoms with Gasteiger partial charge in [0.2, 0.25) is 5.88 Å². The van der Waals surface area contributed by atoms with Crippen molar-refractivity contribution >= 4 is 35.4 Å². The van der Waals surface area contributed by atoms with Crippen LogP contribution in [0.25, 0.3) is 0 Å². The molecule has 0 aliphatic rings. The lowest BCUT2D eigenvalue weighted by molar-refractivity contribution is -0.144. The highest BCUT2D eigenvalue weighted by molar-refractivity contribution is 6.36. The van der Waals surface area contributed by atoms with Crippen LogP contribution in [0.15, 0.2) is 17.3 Å². The number of carbonyl (C=O) groups is 1. The van der Waals surface area contributed by atoms with Crippen LogP contribution < -0.4 is 9.47 Å². The van der Waals surface area contributed by atoms with Crippen LogP contribution in [0.5, 0.6) is 17.4 Å². The van der Waals surface area contributed by atoms with Gasteiger partial charge < -0.3 is 19.8 Å². The maximum Gasteiger partial charge on any atom is 0.344 e. The molecule has 0 amide bonds. The van der Waals surface area contributed by atoms with E-state index in [4.69, 9.17) is 43.0 Å². The molecule has 8 nitrogen and oxygen atoms in total. The molecule has 0 unspecified atom stereocenters. The van der Waals surface area contributed by atoms with Gasteiger partial charge in [-0.2, -0.15) is 5.10 Å². The smallest absolute Gasteiger partial charge is 0.344 e. The third kappa shape index (κ3) is 4.58. The number of aliphatic carboxylic acids is 1. The summed E-state index contributed by atoms with van der Waals surface area (Å²) in [5.74, 6) is -1.52. The molecule has 12 heteroatoms. The Balaban J connectivity index is 2.47. The second kappa shape index (κ2) is 8.40. The zero-order valence-electron chi connectivity index (χ0n) is 13.9. The van der Waals surface area contributed by atoms with Gasteiger partial charge in [-0.1, -0.05) is 28.4 Å². The number of oxime groups is 1. The molecule has 1 atom stereocenters. The monoisotopic (exact) mass is 423 g/mol. The second-order valence-corrected chi connectivity index (χ2v) is 6.00. The Hall–Kier alpha value is -2.59. The van der Waals surface area contributed by atoms with Crippen LogP contribution in [0.1, 0.15) is 24.6 Å². The van der Waals surface area contributed by atoms with E-state index in [9.17, 15) is 13.6 Å². The Kier molecular flexibility index (Phi) is 6.45. The second-order valence-electron chi connectivity index (χ2n) is 5.19. The molecule has 0 aliphatic carbocycles. The van der Waals surface area contributed by atoms with Crippen molar-refractivity contribution in [2.45, 2.75) is 19.5 Å². The average Bonchev–Trinajstić information content (AvgIpc) is 2.88. The molecule has 0 radical (unpaired) electrons. The third-order valence-corrected chi connectivity index (χ3v) is 3.89. The van der Waals surface area contributed by atoms with E-state index in [2.05, 4.69) is 10.3 Å². The molecule has 0 saturated carbocycles. The number of rotatable bonds is 7. The van der Waals surface area contributed by atoms with Crippen LogP contribution >= 0.6 is 23.2 Å². The van der Waals surface area contributed by atoms with Crippen LogP contribution in [0.2, 0.25) is 10.0 Å². The van der Waals surface area contributed by atoms with Gasteiger partial charge in [0.15, 0.2) is 11.9 Å². The zero-order valence-corrected chi connectivity index (χ0v) is 15.4. The largest absolute Gasteiger partial charge is 0.479 e. The van der Waals surface area contributed by atoms with E-state index in [-0.39, 0.29) is 33.0 Å². The van der Waals surface area contributed by atoms with Crippen molar-refractivity contribution in [2.24, 2.45) is 12.2 Å². The molecule has 146 valence electrons. The highest BCUT2D eigenvalue weighted by Crippen LogP contribution is 2.40. The van der Waals surface area contributed by atoms with E-state index < -0.39 is 24.2 Å². The lowest BCUT2D eigenvalue weighted by atomic mass is 10.2. The fraction of sp³-hybridized carbons (Fsp3) is 0.267. The van der Waals surface area contributed by atoms with Crippen molar-refractivity contribution in [1.29, 1.82) is 0 Å². The normalized spacial score (nSPS) is 12.6. The van der Waals surface area contributed by atoms with E-state index >= 15 is 0 Å². The van der Waals surface area contributed by atoms with Gasteiger partial charge in [0.25, 0.3) is 6.43 Å². The highest BCUT2D eigenvalue weighted by atomic mass is 35.5. The Labute approximate surface area is 161 Å². The number of carboxylic acids is 1. The standard InChI is InChI=1S/C15H13Cl2F2N3O5/c1-6(15(23)24)26-10-4-11(9(17)3-8(10)16)27-14-7(5-20-25)12(13(18)19)21-22(14)2/h3-6,13,25H,1-2H3,(H,23,24)/b20-5+/t6-/m0/s1. The van der Waals surface area contributed by atoms with Gasteiger partial charge in [0.05, 0.1) is 21.8 Å². The quantitative estimate of drug-likeness (QED) is 0.394. The minimum Gasteiger partial charge on any atom is -0.479 e. The van der Waals surface area contributed by atoms with Gasteiger partial charge in [-0.25, -0.2) is 18.3 Å². The van der Waals surface area contributed by atoms with E-state index in [0.29, 0.717) is 0 Å². The molecule has 0 saturated heterocycles. The summed E-state index contributed by atoms with van der Waals surface area (Å²) in [7, 11) is 1.34. The zero-order chi connectivity index (χ0) is 20.3. The van der Waals surface area contributed by atoms with Gasteiger partial charge in [0.1, 0.15) is 11.4 Å². The van der Waals surface area contributed by atoms with E-state index in [0.717, 1.165) is 10.9 Å². The summed E-state index contributed by atoms with van der Waals surface area (Å²) >= 11 is 12.0. The number of carboxylic acid groups (broad SMARTS) is 1. The van der Waals surface area contributed by atoms with Crippen molar-refractivity contribution in [1.82, 2.24) is 9.78 Å². The summed E-state index contributed by atoms with van der Waals surface area (Å²) in [6, 6.07) is 2.45. The molecule has 2 rings (SSSR count). The molecule has 1 heterocycles. The fourth-order valence-corrected chi connectivity index (χ4v) is 2.50. The number of aryl methyl sites for hydroxylation is 1. The van der Waals surface area contributed by atoms with Crippen LogP contribution in [0.3, 0.4) is 0 Å². The first kappa shape index (κ1) is 20.7. The van der Waals surface area contributed by atoms with Gasteiger partial charge >= 0.3 is 5.97 Å². The summed E-state index contributed by atoms with van der Waals surface area (Å²) in [5.41, 5.74) is -0.922. The summed E-state index contributed by atoms with van der Waals surface area (Å²) in [6.07, 6.45) is -3.41. The van der Waals surface area contributed by atoms with E-state index in [1.165, 1.54) is 26.1 Å². The van der Waals surface area contributed by atoms with Gasteiger partial charge in [-0.15, -0.1) is 0 Å². The molecule has 1 aromatic carbocycles. The van der Waals surface area contributed by atoms with Crippen LogP contribution in [0.4, 0.5) is 8.78 Å². The van der Waals surface area contributed by atoms with Crippen LogP contribution in [-0.2, 0) is 11.8 Å². The molecular weight excluding hydrogens is 411 g/mol. The molecule has 0 spiro atoms. The predicted octanol–water partition coefficient (Wildman–Crippen LogP) is 4.12. The molecule has 0 bridgehead atoms. The Morgan fingerprint density at radius 3 is 2.52 bits per heavy atom. The van der Waals surface area contributed by atoms with E-state index in [1.807, 2.05) is 0 Å². The third-order valence-electron chi connectivity index (χ3n) is 3.30. The van der Waals surface area contributed by atoms with E-state index in [1.54, 1.807) is 0 Å². The Morgan fingerprint density at radius 1 is 1.33 bits per heavy atom. The van der Waals surface area contributed by atoms with Crippen molar-refractivity contribution < 1.29 is 33.4 Å². The lowest BCUT2D eigenvalue weighted by Crippen LogP contribution is -2.23. The summed E-state index contributed by atoms with van der Waals surface area (Å²) in [4.78, 5) is 10.9. The maximum atomic E-state index is 13.1. The average molecular weight is 424 g/mol. The maximum absolute atomic E-state index is 13.1. The lowest BCUT2D eigenvalue weighted by Gasteiger charge is -2.15. The van der Waals surface area contributed by atoms with Crippen molar-refractivity contribution in [3.63, 3.8) is 0 Å². The predicted molar refractivity (Wildman–Crippen MR) is 91.8 cm³/mol. The number of ether oxygens (including phenoxy) is 2. The Morgan fingerprint density at radius 2 is 1.96 bits per heavy atom.